The molecule has 4 bridgehead atoms. The second-order valence-electron chi connectivity index (χ2n) is 7.42. The molecule has 0 spiro atoms. The maximum atomic E-state index is 12.9. The first-order chi connectivity index (χ1) is 9.98. The Balaban J connectivity index is 1.80. The van der Waals surface area contributed by atoms with E-state index < -0.39 is 5.54 Å². The molecule has 3 aliphatic rings. The summed E-state index contributed by atoms with van der Waals surface area (Å²) in [6.07, 6.45) is 3.14. The molecule has 1 heterocycles. The Kier molecular flexibility index (Phi) is 2.26. The van der Waals surface area contributed by atoms with Gasteiger partial charge in [0, 0.05) is 17.5 Å². The van der Waals surface area contributed by atoms with Gasteiger partial charge >= 0.3 is 0 Å². The van der Waals surface area contributed by atoms with Crippen LogP contribution in [0.1, 0.15) is 43.5 Å². The maximum absolute atomic E-state index is 12.9. The number of likely N-dealkylation sites (tertiary alicyclic amines) is 1. The van der Waals surface area contributed by atoms with Crippen LogP contribution >= 0.6 is 0 Å². The summed E-state index contributed by atoms with van der Waals surface area (Å²) in [6.45, 7) is 5.26. The third-order valence-electron chi connectivity index (χ3n) is 7.01. The first kappa shape index (κ1) is 12.9. The van der Waals surface area contributed by atoms with E-state index in [1.54, 1.807) is 0 Å². The molecule has 108 valence electrons. The number of nitriles is 1. The lowest BCUT2D eigenvalue weighted by molar-refractivity contribution is 0.0430. The number of carbonyl (C=O) groups is 1. The first-order valence-electron chi connectivity index (χ1n) is 7.77. The average molecular weight is 280 g/mol. The molecule has 3 nitrogen and oxygen atoms in total. The van der Waals surface area contributed by atoms with Crippen LogP contribution in [-0.2, 0) is 0 Å². The van der Waals surface area contributed by atoms with Crippen LogP contribution in [0.4, 0.5) is 0 Å². The zero-order chi connectivity index (χ0) is 14.9. The molecule has 1 amide bonds. The van der Waals surface area contributed by atoms with Crippen molar-refractivity contribution in [2.24, 2.45) is 16.7 Å². The molecule has 0 unspecified atom stereocenters. The van der Waals surface area contributed by atoms with Gasteiger partial charge in [0.05, 0.1) is 6.07 Å². The standard InChI is InChI=1S/C18H20N2O/c1-16-12-20(15(21)13-6-4-3-5-7-13)18(11-19)10-14(16)8-9-17(16,18)2/h3-7,14H,8-10,12H2,1-2H3/t14-,16-,17+,18+/m0/s1. The van der Waals surface area contributed by atoms with E-state index in [0.29, 0.717) is 11.5 Å². The zero-order valence-corrected chi connectivity index (χ0v) is 12.6. The molecule has 21 heavy (non-hydrogen) atoms. The van der Waals surface area contributed by atoms with E-state index in [1.807, 2.05) is 35.2 Å². The van der Waals surface area contributed by atoms with Gasteiger partial charge in [-0.05, 0) is 42.7 Å². The minimum absolute atomic E-state index is 0.0208. The van der Waals surface area contributed by atoms with Crippen LogP contribution in [0.5, 0.6) is 0 Å². The molecule has 4 rings (SSSR count). The Labute approximate surface area is 125 Å². The highest BCUT2D eigenvalue weighted by Gasteiger charge is 2.78. The zero-order valence-electron chi connectivity index (χ0n) is 12.6. The number of piperidine rings is 1. The van der Waals surface area contributed by atoms with Crippen molar-refractivity contribution in [2.45, 2.75) is 38.6 Å². The number of rotatable bonds is 1. The largest absolute Gasteiger partial charge is 0.319 e. The minimum Gasteiger partial charge on any atom is -0.319 e. The van der Waals surface area contributed by atoms with Gasteiger partial charge < -0.3 is 4.90 Å². The monoisotopic (exact) mass is 280 g/mol. The third kappa shape index (κ3) is 1.19. The first-order valence-corrected chi connectivity index (χ1v) is 7.77. The number of amides is 1. The average Bonchev–Trinajstić information content (AvgIpc) is 2.96. The fourth-order valence-corrected chi connectivity index (χ4v) is 5.49. The molecule has 1 aromatic rings. The van der Waals surface area contributed by atoms with Crippen LogP contribution in [0.3, 0.4) is 0 Å². The molecular formula is C18H20N2O. The molecule has 3 heteroatoms. The van der Waals surface area contributed by atoms with Crippen molar-refractivity contribution in [3.63, 3.8) is 0 Å². The van der Waals surface area contributed by atoms with Gasteiger partial charge in [0.2, 0.25) is 0 Å². The Morgan fingerprint density at radius 3 is 2.67 bits per heavy atom. The van der Waals surface area contributed by atoms with Crippen molar-refractivity contribution in [1.82, 2.24) is 4.90 Å². The summed E-state index contributed by atoms with van der Waals surface area (Å²) >= 11 is 0. The van der Waals surface area contributed by atoms with Crippen LogP contribution < -0.4 is 0 Å². The summed E-state index contributed by atoms with van der Waals surface area (Å²) < 4.78 is 0. The van der Waals surface area contributed by atoms with Crippen LogP contribution in [0.25, 0.3) is 0 Å². The number of carbonyl (C=O) groups excluding carboxylic acids is 1. The number of hydrogen-bond acceptors (Lipinski definition) is 2. The van der Waals surface area contributed by atoms with Crippen molar-refractivity contribution in [2.75, 3.05) is 6.54 Å². The smallest absolute Gasteiger partial charge is 0.255 e. The van der Waals surface area contributed by atoms with Crippen molar-refractivity contribution in [3.8, 4) is 6.07 Å². The van der Waals surface area contributed by atoms with E-state index in [2.05, 4.69) is 19.9 Å². The molecule has 0 aromatic heterocycles. The highest BCUT2D eigenvalue weighted by atomic mass is 16.2. The van der Waals surface area contributed by atoms with Crippen molar-refractivity contribution in [3.05, 3.63) is 35.9 Å². The fraction of sp³-hybridized carbons (Fsp3) is 0.556. The predicted octanol–water partition coefficient (Wildman–Crippen LogP) is 3.23. The topological polar surface area (TPSA) is 44.1 Å². The fourth-order valence-electron chi connectivity index (χ4n) is 5.49. The van der Waals surface area contributed by atoms with Crippen molar-refractivity contribution >= 4 is 5.91 Å². The van der Waals surface area contributed by atoms with Crippen molar-refractivity contribution < 1.29 is 4.79 Å². The predicted molar refractivity (Wildman–Crippen MR) is 79.4 cm³/mol. The number of benzene rings is 1. The van der Waals surface area contributed by atoms with Crippen LogP contribution in [0.15, 0.2) is 30.3 Å². The van der Waals surface area contributed by atoms with Gasteiger partial charge in [-0.15, -0.1) is 0 Å². The number of nitrogens with zero attached hydrogens (tertiary/aromatic N) is 2. The Morgan fingerprint density at radius 1 is 1.33 bits per heavy atom. The molecule has 1 aliphatic heterocycles. The maximum Gasteiger partial charge on any atom is 0.255 e. The lowest BCUT2D eigenvalue weighted by Crippen LogP contribution is -2.54. The molecule has 1 aromatic carbocycles. The highest BCUT2D eigenvalue weighted by molar-refractivity contribution is 5.95. The van der Waals surface area contributed by atoms with Gasteiger partial charge in [0.15, 0.2) is 0 Å². The van der Waals surface area contributed by atoms with E-state index in [9.17, 15) is 10.1 Å². The number of hydrogen-bond donors (Lipinski definition) is 0. The van der Waals surface area contributed by atoms with Gasteiger partial charge in [-0.1, -0.05) is 32.0 Å². The van der Waals surface area contributed by atoms with E-state index in [0.717, 1.165) is 19.4 Å². The summed E-state index contributed by atoms with van der Waals surface area (Å²) in [5, 5.41) is 9.97. The Hall–Kier alpha value is -1.82. The molecule has 2 saturated carbocycles. The van der Waals surface area contributed by atoms with Gasteiger partial charge in [0.25, 0.3) is 5.91 Å². The summed E-state index contributed by atoms with van der Waals surface area (Å²) in [5.74, 6) is 0.620. The summed E-state index contributed by atoms with van der Waals surface area (Å²) in [5.41, 5.74) is 0.150. The van der Waals surface area contributed by atoms with Crippen LogP contribution in [0.2, 0.25) is 0 Å². The lowest BCUT2D eigenvalue weighted by atomic mass is 9.66. The minimum atomic E-state index is -0.600. The SMILES string of the molecule is C[C@]12CC[C@H]3C[C@]1(C#N)N(C(=O)c1ccccc1)C[C@@]32C. The molecule has 0 N–H and O–H groups in total. The molecule has 0 radical (unpaired) electrons. The molecule has 2 aliphatic carbocycles. The van der Waals surface area contributed by atoms with Gasteiger partial charge in [-0.2, -0.15) is 5.26 Å². The van der Waals surface area contributed by atoms with Crippen LogP contribution in [-0.4, -0.2) is 22.9 Å². The van der Waals surface area contributed by atoms with Crippen molar-refractivity contribution in [1.29, 1.82) is 5.26 Å². The van der Waals surface area contributed by atoms with Gasteiger partial charge in [-0.3, -0.25) is 4.79 Å². The molecular weight excluding hydrogens is 260 g/mol. The molecule has 1 saturated heterocycles. The second-order valence-corrected chi connectivity index (χ2v) is 7.42. The van der Waals surface area contributed by atoms with Crippen LogP contribution in [0, 0.1) is 28.1 Å². The van der Waals surface area contributed by atoms with E-state index in [4.69, 9.17) is 0 Å². The van der Waals surface area contributed by atoms with Gasteiger partial charge in [0.1, 0.15) is 5.54 Å². The highest BCUT2D eigenvalue weighted by Crippen LogP contribution is 2.75. The molecule has 4 atom stereocenters. The third-order valence-corrected chi connectivity index (χ3v) is 7.01. The second kappa shape index (κ2) is 3.68. The Bertz CT molecular complexity index is 664. The Morgan fingerprint density at radius 2 is 2.05 bits per heavy atom. The van der Waals surface area contributed by atoms with E-state index in [-0.39, 0.29) is 16.7 Å². The van der Waals surface area contributed by atoms with E-state index in [1.165, 1.54) is 6.42 Å². The summed E-state index contributed by atoms with van der Waals surface area (Å²) in [6, 6.07) is 12.0. The molecule has 3 fully saturated rings. The summed E-state index contributed by atoms with van der Waals surface area (Å²) in [7, 11) is 0. The summed E-state index contributed by atoms with van der Waals surface area (Å²) in [4.78, 5) is 14.8. The van der Waals surface area contributed by atoms with Gasteiger partial charge in [-0.25, -0.2) is 0 Å². The quantitative estimate of drug-likeness (QED) is 0.792. The van der Waals surface area contributed by atoms with E-state index >= 15 is 0 Å². The lowest BCUT2D eigenvalue weighted by Gasteiger charge is -2.43. The normalized spacial score (nSPS) is 43.1.